The van der Waals surface area contributed by atoms with E-state index in [0.29, 0.717) is 5.92 Å². The molecular weight excluding hydrogens is 182 g/mol. The number of ether oxygens (including phenoxy) is 1. The van der Waals surface area contributed by atoms with Crippen molar-refractivity contribution in [2.75, 3.05) is 7.11 Å². The lowest BCUT2D eigenvalue weighted by Gasteiger charge is -2.11. The maximum absolute atomic E-state index is 6.02. The molecule has 0 bridgehead atoms. The van der Waals surface area contributed by atoms with Crippen LogP contribution in [0.3, 0.4) is 0 Å². The molecule has 1 atom stereocenters. The van der Waals surface area contributed by atoms with Crippen LogP contribution >= 0.6 is 11.3 Å². The standard InChI is InChI=1S/C10H17NOS/c1-7(2)4-9(11)10-5-8(12-3)6-13-10/h5-7,9H,4,11H2,1-3H3. The molecule has 2 N–H and O–H groups in total. The molecule has 0 radical (unpaired) electrons. The fourth-order valence-corrected chi connectivity index (χ4v) is 2.13. The van der Waals surface area contributed by atoms with Crippen molar-refractivity contribution in [1.82, 2.24) is 0 Å². The van der Waals surface area contributed by atoms with Crippen molar-refractivity contribution in [2.24, 2.45) is 11.7 Å². The van der Waals surface area contributed by atoms with Gasteiger partial charge in [0.25, 0.3) is 0 Å². The second-order valence-corrected chi connectivity index (χ2v) is 4.57. The van der Waals surface area contributed by atoms with Gasteiger partial charge in [0.2, 0.25) is 0 Å². The molecule has 1 aromatic rings. The predicted molar refractivity (Wildman–Crippen MR) is 57.3 cm³/mol. The van der Waals surface area contributed by atoms with Gasteiger partial charge in [0, 0.05) is 16.3 Å². The SMILES string of the molecule is COc1csc(C(N)CC(C)C)c1. The van der Waals surface area contributed by atoms with Crippen LogP contribution in [0.25, 0.3) is 0 Å². The summed E-state index contributed by atoms with van der Waals surface area (Å²) in [5.41, 5.74) is 6.02. The van der Waals surface area contributed by atoms with Crippen LogP contribution < -0.4 is 10.5 Å². The third-order valence-electron chi connectivity index (χ3n) is 1.92. The highest BCUT2D eigenvalue weighted by atomic mass is 32.1. The Bertz CT molecular complexity index is 257. The Balaban J connectivity index is 2.60. The fraction of sp³-hybridized carbons (Fsp3) is 0.600. The molecule has 3 heteroatoms. The van der Waals surface area contributed by atoms with Gasteiger partial charge in [-0.2, -0.15) is 0 Å². The van der Waals surface area contributed by atoms with E-state index in [2.05, 4.69) is 13.8 Å². The molecular formula is C10H17NOS. The smallest absolute Gasteiger partial charge is 0.129 e. The van der Waals surface area contributed by atoms with Crippen LogP contribution in [0, 0.1) is 5.92 Å². The molecule has 1 heterocycles. The lowest BCUT2D eigenvalue weighted by molar-refractivity contribution is 0.415. The number of methoxy groups -OCH3 is 1. The zero-order valence-corrected chi connectivity index (χ0v) is 9.23. The molecule has 0 amide bonds. The van der Waals surface area contributed by atoms with Crippen molar-refractivity contribution in [3.8, 4) is 5.75 Å². The van der Waals surface area contributed by atoms with Gasteiger partial charge in [-0.1, -0.05) is 13.8 Å². The van der Waals surface area contributed by atoms with E-state index < -0.39 is 0 Å². The molecule has 2 nitrogen and oxygen atoms in total. The van der Waals surface area contributed by atoms with Crippen molar-refractivity contribution in [1.29, 1.82) is 0 Å². The van der Waals surface area contributed by atoms with Gasteiger partial charge in [-0.3, -0.25) is 0 Å². The Labute approximate surface area is 83.7 Å². The number of hydrogen-bond donors (Lipinski definition) is 1. The summed E-state index contributed by atoms with van der Waals surface area (Å²) in [4.78, 5) is 1.21. The minimum Gasteiger partial charge on any atom is -0.496 e. The highest BCUT2D eigenvalue weighted by Crippen LogP contribution is 2.28. The molecule has 0 saturated heterocycles. The lowest BCUT2D eigenvalue weighted by Crippen LogP contribution is -2.11. The zero-order valence-electron chi connectivity index (χ0n) is 8.41. The van der Waals surface area contributed by atoms with Crippen LogP contribution in [0.5, 0.6) is 5.75 Å². The molecule has 0 spiro atoms. The number of nitrogens with two attached hydrogens (primary N) is 1. The number of thiophene rings is 1. The monoisotopic (exact) mass is 199 g/mol. The van der Waals surface area contributed by atoms with Crippen molar-refractivity contribution in [3.05, 3.63) is 16.3 Å². The Morgan fingerprint density at radius 2 is 2.23 bits per heavy atom. The summed E-state index contributed by atoms with van der Waals surface area (Å²) in [6.07, 6.45) is 1.03. The zero-order chi connectivity index (χ0) is 9.84. The van der Waals surface area contributed by atoms with E-state index in [9.17, 15) is 0 Å². The van der Waals surface area contributed by atoms with Crippen LogP contribution in [0.4, 0.5) is 0 Å². The van der Waals surface area contributed by atoms with Gasteiger partial charge < -0.3 is 10.5 Å². The van der Waals surface area contributed by atoms with Crippen molar-refractivity contribution in [3.63, 3.8) is 0 Å². The quantitative estimate of drug-likeness (QED) is 0.809. The lowest BCUT2D eigenvalue weighted by atomic mass is 10.0. The van der Waals surface area contributed by atoms with Crippen LogP contribution in [-0.2, 0) is 0 Å². The van der Waals surface area contributed by atoms with Crippen LogP contribution in [0.15, 0.2) is 11.4 Å². The van der Waals surface area contributed by atoms with E-state index in [0.717, 1.165) is 12.2 Å². The van der Waals surface area contributed by atoms with Crippen molar-refractivity contribution >= 4 is 11.3 Å². The van der Waals surface area contributed by atoms with Crippen LogP contribution in [0.2, 0.25) is 0 Å². The fourth-order valence-electron chi connectivity index (χ4n) is 1.26. The Hall–Kier alpha value is -0.540. The summed E-state index contributed by atoms with van der Waals surface area (Å²) >= 11 is 1.67. The molecule has 0 aliphatic heterocycles. The van der Waals surface area contributed by atoms with Gasteiger partial charge in [0.1, 0.15) is 5.75 Å². The minimum atomic E-state index is 0.161. The van der Waals surface area contributed by atoms with Crippen molar-refractivity contribution in [2.45, 2.75) is 26.3 Å². The van der Waals surface area contributed by atoms with E-state index >= 15 is 0 Å². The molecule has 1 rings (SSSR count). The summed E-state index contributed by atoms with van der Waals surface area (Å²) in [6.45, 7) is 4.37. The molecule has 0 aliphatic carbocycles. The van der Waals surface area contributed by atoms with E-state index in [1.165, 1.54) is 4.88 Å². The molecule has 13 heavy (non-hydrogen) atoms. The maximum atomic E-state index is 6.02. The average molecular weight is 199 g/mol. The number of hydrogen-bond acceptors (Lipinski definition) is 3. The van der Waals surface area contributed by atoms with E-state index in [-0.39, 0.29) is 6.04 Å². The van der Waals surface area contributed by atoms with Gasteiger partial charge in [-0.25, -0.2) is 0 Å². The first kappa shape index (κ1) is 10.5. The summed E-state index contributed by atoms with van der Waals surface area (Å²) in [7, 11) is 1.68. The van der Waals surface area contributed by atoms with E-state index in [1.807, 2.05) is 11.4 Å². The summed E-state index contributed by atoms with van der Waals surface area (Å²) in [6, 6.07) is 2.19. The molecule has 74 valence electrons. The van der Waals surface area contributed by atoms with E-state index in [4.69, 9.17) is 10.5 Å². The molecule has 0 aliphatic rings. The van der Waals surface area contributed by atoms with Gasteiger partial charge in [-0.15, -0.1) is 11.3 Å². The highest BCUT2D eigenvalue weighted by Gasteiger charge is 2.10. The minimum absolute atomic E-state index is 0.161. The Kier molecular flexibility index (Phi) is 3.75. The van der Waals surface area contributed by atoms with Crippen LogP contribution in [0.1, 0.15) is 31.2 Å². The van der Waals surface area contributed by atoms with Gasteiger partial charge in [-0.05, 0) is 18.4 Å². The molecule has 0 saturated carbocycles. The highest BCUT2D eigenvalue weighted by molar-refractivity contribution is 7.10. The third kappa shape index (κ3) is 3.01. The summed E-state index contributed by atoms with van der Waals surface area (Å²) in [5, 5.41) is 2.00. The molecule has 0 aromatic carbocycles. The largest absolute Gasteiger partial charge is 0.496 e. The summed E-state index contributed by atoms with van der Waals surface area (Å²) < 4.78 is 5.10. The van der Waals surface area contributed by atoms with Crippen LogP contribution in [-0.4, -0.2) is 7.11 Å². The van der Waals surface area contributed by atoms with Gasteiger partial charge >= 0.3 is 0 Å². The molecule has 0 fully saturated rings. The van der Waals surface area contributed by atoms with Gasteiger partial charge in [0.05, 0.1) is 7.11 Å². The maximum Gasteiger partial charge on any atom is 0.129 e. The second-order valence-electron chi connectivity index (χ2n) is 3.62. The predicted octanol–water partition coefficient (Wildman–Crippen LogP) is 2.80. The first-order valence-electron chi connectivity index (χ1n) is 4.51. The Morgan fingerprint density at radius 3 is 2.69 bits per heavy atom. The molecule has 1 unspecified atom stereocenters. The summed E-state index contributed by atoms with van der Waals surface area (Å²) in [5.74, 6) is 1.56. The first-order valence-corrected chi connectivity index (χ1v) is 5.39. The van der Waals surface area contributed by atoms with Gasteiger partial charge in [0.15, 0.2) is 0 Å². The number of rotatable bonds is 4. The van der Waals surface area contributed by atoms with Crippen molar-refractivity contribution < 1.29 is 4.74 Å². The Morgan fingerprint density at radius 1 is 1.54 bits per heavy atom. The normalized spacial score (nSPS) is 13.3. The third-order valence-corrected chi connectivity index (χ3v) is 2.97. The molecule has 1 aromatic heterocycles. The second kappa shape index (κ2) is 4.63. The topological polar surface area (TPSA) is 35.2 Å². The average Bonchev–Trinajstić information content (AvgIpc) is 2.50. The van der Waals surface area contributed by atoms with E-state index in [1.54, 1.807) is 18.4 Å². The first-order chi connectivity index (χ1) is 6.13.